The Morgan fingerprint density at radius 1 is 0.667 bits per heavy atom. The summed E-state index contributed by atoms with van der Waals surface area (Å²) in [5.74, 6) is 0.514. The van der Waals surface area contributed by atoms with Crippen molar-refractivity contribution in [1.29, 1.82) is 0 Å². The van der Waals surface area contributed by atoms with Crippen molar-refractivity contribution in [2.45, 2.75) is 32.1 Å². The second kappa shape index (κ2) is 8.40. The first-order valence-corrected chi connectivity index (χ1v) is 12.1. The van der Waals surface area contributed by atoms with Crippen LogP contribution in [0.3, 0.4) is 0 Å². The molecule has 0 radical (unpaired) electrons. The number of nitrogens with zero attached hydrogens (tertiary/aromatic N) is 4. The molecule has 0 aromatic carbocycles. The molecule has 5 heterocycles. The molecule has 1 fully saturated rings. The second-order valence-corrected chi connectivity index (χ2v) is 9.20. The average molecular weight is 430 g/mol. The number of hydrogen-bond donors (Lipinski definition) is 0. The van der Waals surface area contributed by atoms with Gasteiger partial charge in [0, 0.05) is 30.4 Å². The van der Waals surface area contributed by atoms with Crippen molar-refractivity contribution in [3.63, 3.8) is 0 Å². The zero-order chi connectivity index (χ0) is 22.1. The van der Waals surface area contributed by atoms with Crippen molar-refractivity contribution in [2.75, 3.05) is 0 Å². The molecule has 4 aromatic heterocycles. The van der Waals surface area contributed by atoms with E-state index in [0.717, 1.165) is 16.9 Å². The highest BCUT2D eigenvalue weighted by Crippen LogP contribution is 2.44. The van der Waals surface area contributed by atoms with Gasteiger partial charge in [-0.3, -0.25) is 15.0 Å². The average Bonchev–Trinajstić information content (AvgIpc) is 3.23. The molecule has 0 unspecified atom stereocenters. The Kier molecular flexibility index (Phi) is 5.10. The van der Waals surface area contributed by atoms with Gasteiger partial charge in [-0.05, 0) is 65.9 Å². The molecule has 0 N–H and O–H groups in total. The van der Waals surface area contributed by atoms with Crippen LogP contribution >= 0.6 is 0 Å². The molecule has 162 valence electrons. The van der Waals surface area contributed by atoms with Crippen LogP contribution in [0.15, 0.2) is 97.6 Å². The summed E-state index contributed by atoms with van der Waals surface area (Å²) in [6, 6.07) is 25.3. The molecule has 0 saturated heterocycles. The minimum Gasteiger partial charge on any atom is -0.406 e. The van der Waals surface area contributed by atoms with E-state index in [0.29, 0.717) is 5.92 Å². The topological polar surface area (TPSA) is 42.5 Å². The van der Waals surface area contributed by atoms with Crippen molar-refractivity contribution in [3.8, 4) is 0 Å². The molecule has 4 aromatic rings. The van der Waals surface area contributed by atoms with E-state index in [2.05, 4.69) is 65.3 Å². The fraction of sp³-hybridized carbons (Fsp3) is 0.214. The predicted molar refractivity (Wildman–Crippen MR) is 133 cm³/mol. The summed E-state index contributed by atoms with van der Waals surface area (Å²) < 4.78 is 2.46. The molecule has 6 rings (SSSR count). The van der Waals surface area contributed by atoms with Crippen LogP contribution in [0.1, 0.15) is 43.5 Å². The number of rotatable bonds is 4. The summed E-state index contributed by atoms with van der Waals surface area (Å²) in [4.78, 5) is 14.9. The van der Waals surface area contributed by atoms with Crippen LogP contribution in [-0.2, 0) is 0 Å². The minimum absolute atomic E-state index is 0.514. The lowest BCUT2D eigenvalue weighted by Crippen LogP contribution is -2.79. The molecule has 0 bridgehead atoms. The summed E-state index contributed by atoms with van der Waals surface area (Å²) in [5.41, 5.74) is 7.08. The first-order valence-electron chi connectivity index (χ1n) is 12.1. The lowest BCUT2D eigenvalue weighted by Gasteiger charge is -2.33. The van der Waals surface area contributed by atoms with Crippen LogP contribution in [0.4, 0.5) is 0 Å². The SMILES string of the molecule is c1ccc(C2=C(C3CCCCC3)c3cccc[n+]3[B-]2(c2ccccn2)c2ccccn2)nc1. The molecule has 1 aliphatic carbocycles. The maximum atomic E-state index is 4.97. The molecule has 0 amide bonds. The van der Waals surface area contributed by atoms with Gasteiger partial charge in [-0.1, -0.05) is 61.1 Å². The molecule has 2 aliphatic rings. The zero-order valence-electron chi connectivity index (χ0n) is 18.7. The number of pyridine rings is 4. The van der Waals surface area contributed by atoms with Gasteiger partial charge in [-0.25, -0.2) is 0 Å². The van der Waals surface area contributed by atoms with Gasteiger partial charge in [0.1, 0.15) is 6.20 Å². The fourth-order valence-electron chi connectivity index (χ4n) is 6.20. The Balaban J connectivity index is 1.78. The highest BCUT2D eigenvalue weighted by Gasteiger charge is 2.55. The Labute approximate surface area is 195 Å². The third-order valence-electron chi connectivity index (χ3n) is 7.48. The van der Waals surface area contributed by atoms with Crippen molar-refractivity contribution >= 4 is 28.5 Å². The molecular formula is C28H27BN4. The molecule has 1 aliphatic heterocycles. The van der Waals surface area contributed by atoms with E-state index in [-0.39, 0.29) is 0 Å². The van der Waals surface area contributed by atoms with Crippen LogP contribution in [0.2, 0.25) is 0 Å². The van der Waals surface area contributed by atoms with Gasteiger partial charge >= 0.3 is 6.28 Å². The van der Waals surface area contributed by atoms with Gasteiger partial charge < -0.3 is 4.48 Å². The van der Waals surface area contributed by atoms with E-state index in [1.165, 1.54) is 48.8 Å². The normalized spacial score (nSPS) is 17.7. The Morgan fingerprint density at radius 2 is 1.30 bits per heavy atom. The monoisotopic (exact) mass is 430 g/mol. The predicted octanol–water partition coefficient (Wildman–Crippen LogP) is 3.81. The zero-order valence-corrected chi connectivity index (χ0v) is 18.7. The van der Waals surface area contributed by atoms with E-state index >= 15 is 0 Å². The largest absolute Gasteiger partial charge is 0.406 e. The molecule has 0 spiro atoms. The molecule has 4 nitrogen and oxygen atoms in total. The Hall–Kier alpha value is -3.60. The number of hydrogen-bond acceptors (Lipinski definition) is 3. The summed E-state index contributed by atoms with van der Waals surface area (Å²) in [7, 11) is 0. The fourth-order valence-corrected chi connectivity index (χ4v) is 6.20. The van der Waals surface area contributed by atoms with Gasteiger partial charge in [0.15, 0.2) is 5.69 Å². The summed E-state index contributed by atoms with van der Waals surface area (Å²) in [6.07, 6.45) is 12.6. The van der Waals surface area contributed by atoms with Crippen LogP contribution in [0, 0.1) is 5.92 Å². The highest BCUT2D eigenvalue weighted by molar-refractivity contribution is 7.10. The van der Waals surface area contributed by atoms with Gasteiger partial charge in [0.05, 0.1) is 0 Å². The van der Waals surface area contributed by atoms with Gasteiger partial charge in [-0.2, -0.15) is 0 Å². The minimum atomic E-state index is -1.64. The lowest BCUT2D eigenvalue weighted by atomic mass is 9.26. The first-order chi connectivity index (χ1) is 16.4. The van der Waals surface area contributed by atoms with Crippen molar-refractivity contribution in [3.05, 3.63) is 109 Å². The molecule has 0 atom stereocenters. The van der Waals surface area contributed by atoms with E-state index < -0.39 is 6.28 Å². The van der Waals surface area contributed by atoms with Crippen molar-refractivity contribution in [1.82, 2.24) is 15.0 Å². The van der Waals surface area contributed by atoms with Crippen LogP contribution < -0.4 is 15.7 Å². The Morgan fingerprint density at radius 3 is 1.91 bits per heavy atom. The van der Waals surface area contributed by atoms with Crippen LogP contribution in [0.5, 0.6) is 0 Å². The third-order valence-corrected chi connectivity index (χ3v) is 7.48. The molecule has 33 heavy (non-hydrogen) atoms. The Bertz CT molecular complexity index is 1240. The quantitative estimate of drug-likeness (QED) is 0.463. The molecule has 5 heteroatoms. The van der Waals surface area contributed by atoms with Crippen molar-refractivity contribution < 1.29 is 4.48 Å². The highest BCUT2D eigenvalue weighted by atomic mass is 15.0. The number of allylic oxidation sites excluding steroid dienone is 1. The van der Waals surface area contributed by atoms with E-state index in [9.17, 15) is 0 Å². The van der Waals surface area contributed by atoms with E-state index in [1.807, 2.05) is 36.8 Å². The molecular weight excluding hydrogens is 403 g/mol. The molecule has 1 saturated carbocycles. The van der Waals surface area contributed by atoms with Crippen molar-refractivity contribution in [2.24, 2.45) is 5.92 Å². The standard InChI is InChI=1S/C28H27BN4/c1-2-12-22(13-3-1)27-24-15-7-11-21-33(24)29(25-16-5-9-19-31-25,26-17-6-10-20-32-26)28(27)23-14-4-8-18-30-23/h4-11,14-22H,1-3,12-13H2. The van der Waals surface area contributed by atoms with Crippen LogP contribution in [0.25, 0.3) is 11.0 Å². The van der Waals surface area contributed by atoms with Gasteiger partial charge in [0.2, 0.25) is 0 Å². The summed E-state index contributed by atoms with van der Waals surface area (Å²) in [6.45, 7) is 0. The maximum absolute atomic E-state index is 4.97. The van der Waals surface area contributed by atoms with Gasteiger partial charge in [-0.15, -0.1) is 0 Å². The third kappa shape index (κ3) is 3.14. The summed E-state index contributed by atoms with van der Waals surface area (Å²) >= 11 is 0. The van der Waals surface area contributed by atoms with Gasteiger partial charge in [0.25, 0.3) is 0 Å². The second-order valence-electron chi connectivity index (χ2n) is 9.20. The maximum Gasteiger partial charge on any atom is 0.397 e. The smallest absolute Gasteiger partial charge is 0.397 e. The first kappa shape index (κ1) is 20.0. The van der Waals surface area contributed by atoms with E-state index in [4.69, 9.17) is 15.0 Å². The lowest BCUT2D eigenvalue weighted by molar-refractivity contribution is -0.540. The summed E-state index contributed by atoms with van der Waals surface area (Å²) in [5, 5.41) is 0. The van der Waals surface area contributed by atoms with Crippen LogP contribution in [-0.4, -0.2) is 21.2 Å². The van der Waals surface area contributed by atoms with E-state index in [1.54, 1.807) is 0 Å². The number of fused-ring (bicyclic) bond motifs is 1. The number of aromatic nitrogens is 4.